The lowest BCUT2D eigenvalue weighted by Crippen LogP contribution is -2.54. The lowest BCUT2D eigenvalue weighted by molar-refractivity contribution is -0.150. The van der Waals surface area contributed by atoms with Crippen molar-refractivity contribution in [2.45, 2.75) is 63.4 Å². The summed E-state index contributed by atoms with van der Waals surface area (Å²) in [5, 5.41) is 26.9. The second-order valence-electron chi connectivity index (χ2n) is 8.80. The average molecular weight is 550 g/mol. The van der Waals surface area contributed by atoms with Crippen molar-refractivity contribution in [1.82, 2.24) is 15.3 Å². The van der Waals surface area contributed by atoms with Gasteiger partial charge in [-0.2, -0.15) is 5.09 Å². The standard InChI is InChI=1S/C25H32N3O9P/c1-6-16(3)35-23(31)17(4)27-38(33,37-19-11-9-8-10-12-19)34-15-20-22(30)25(32,7-2)24(36-20)28-14-13-21(29)26-18(28)5/h2,8-14,16-17,20,22,24,30,32H,5-6,15H2,1,3-4H3,(H,26,29)(H,27,33)/t16-,17-,20+,22+,24+,25+,38?/m0/s1. The second kappa shape index (κ2) is 12.1. The molecule has 1 amide bonds. The van der Waals surface area contributed by atoms with Crippen LogP contribution in [0.5, 0.6) is 5.75 Å². The summed E-state index contributed by atoms with van der Waals surface area (Å²) in [4.78, 5) is 25.3. The van der Waals surface area contributed by atoms with Gasteiger partial charge < -0.3 is 34.4 Å². The van der Waals surface area contributed by atoms with Crippen LogP contribution in [0.1, 0.15) is 27.2 Å². The molecule has 7 atom stereocenters. The van der Waals surface area contributed by atoms with Crippen LogP contribution in [0.15, 0.2) is 55.0 Å². The van der Waals surface area contributed by atoms with Crippen molar-refractivity contribution in [1.29, 1.82) is 0 Å². The first-order chi connectivity index (χ1) is 17.9. The molecule has 4 N–H and O–H groups in total. The Balaban J connectivity index is 1.79. The molecule has 3 rings (SSSR count). The number of nitrogens with zero attached hydrogens (tertiary/aromatic N) is 1. The molecule has 1 fully saturated rings. The van der Waals surface area contributed by atoms with Crippen molar-refractivity contribution in [3.63, 3.8) is 0 Å². The molecule has 13 heteroatoms. The summed E-state index contributed by atoms with van der Waals surface area (Å²) in [6.07, 6.45) is 3.86. The number of para-hydroxylation sites is 1. The Morgan fingerprint density at radius 2 is 2.08 bits per heavy atom. The first-order valence-electron chi connectivity index (χ1n) is 11.9. The molecular formula is C25H32N3O9P. The number of aliphatic hydroxyl groups excluding tert-OH is 1. The van der Waals surface area contributed by atoms with E-state index in [1.807, 2.05) is 6.92 Å². The molecule has 206 valence electrons. The predicted molar refractivity (Wildman–Crippen MR) is 136 cm³/mol. The van der Waals surface area contributed by atoms with E-state index < -0.39 is 56.3 Å². The molecule has 1 aromatic rings. The fourth-order valence-electron chi connectivity index (χ4n) is 3.60. The van der Waals surface area contributed by atoms with Gasteiger partial charge in [0.15, 0.2) is 11.8 Å². The Labute approximate surface area is 221 Å². The first-order valence-corrected chi connectivity index (χ1v) is 13.4. The van der Waals surface area contributed by atoms with E-state index in [4.69, 9.17) is 24.9 Å². The number of terminal acetylenes is 1. The van der Waals surface area contributed by atoms with Gasteiger partial charge in [0.25, 0.3) is 5.91 Å². The number of benzene rings is 1. The highest BCUT2D eigenvalue weighted by Crippen LogP contribution is 2.46. The highest BCUT2D eigenvalue weighted by molar-refractivity contribution is 7.52. The normalized spacial score (nSPS) is 28.1. The van der Waals surface area contributed by atoms with Crippen molar-refractivity contribution in [2.75, 3.05) is 6.61 Å². The maximum atomic E-state index is 13.7. The third kappa shape index (κ3) is 6.63. The van der Waals surface area contributed by atoms with Gasteiger partial charge in [-0.1, -0.05) is 37.6 Å². The number of carbonyl (C=O) groups is 2. The molecule has 1 aromatic carbocycles. The molecule has 0 aliphatic carbocycles. The Kier molecular flexibility index (Phi) is 9.38. The van der Waals surface area contributed by atoms with E-state index in [2.05, 4.69) is 22.9 Å². The van der Waals surface area contributed by atoms with Gasteiger partial charge in [-0.05, 0) is 32.4 Å². The SMILES string of the molecule is C#C[C@@]1(O)[C@H](O)[C@@H](COP(=O)(N[C@@H](C)C(=O)O[C@@H](C)CC)Oc2ccccc2)O[C@H]1N1C=CC(=O)NC1=C. The minimum atomic E-state index is -4.28. The molecule has 0 bridgehead atoms. The smallest absolute Gasteiger partial charge is 0.459 e. The van der Waals surface area contributed by atoms with E-state index in [0.717, 1.165) is 6.08 Å². The Morgan fingerprint density at radius 3 is 2.68 bits per heavy atom. The molecule has 0 saturated carbocycles. The zero-order valence-corrected chi connectivity index (χ0v) is 22.2. The monoisotopic (exact) mass is 549 g/mol. The number of hydrogen-bond donors (Lipinski definition) is 4. The quantitative estimate of drug-likeness (QED) is 0.180. The van der Waals surface area contributed by atoms with Gasteiger partial charge >= 0.3 is 13.7 Å². The number of nitrogens with one attached hydrogen (secondary N) is 2. The highest BCUT2D eigenvalue weighted by atomic mass is 31.2. The molecular weight excluding hydrogens is 517 g/mol. The van der Waals surface area contributed by atoms with Crippen LogP contribution in [-0.4, -0.2) is 69.8 Å². The second-order valence-corrected chi connectivity index (χ2v) is 10.5. The maximum Gasteiger partial charge on any atom is 0.459 e. The lowest BCUT2D eigenvalue weighted by Gasteiger charge is -2.36. The van der Waals surface area contributed by atoms with Crippen molar-refractivity contribution < 1.29 is 42.9 Å². The minimum Gasteiger partial charge on any atom is -0.462 e. The average Bonchev–Trinajstić information content (AvgIpc) is 3.13. The van der Waals surface area contributed by atoms with Crippen LogP contribution in [0.25, 0.3) is 0 Å². The molecule has 12 nitrogen and oxygen atoms in total. The predicted octanol–water partition coefficient (Wildman–Crippen LogP) is 1.38. The van der Waals surface area contributed by atoms with Crippen LogP contribution in [0, 0.1) is 12.3 Å². The summed E-state index contributed by atoms with van der Waals surface area (Å²) in [5.41, 5.74) is -2.26. The molecule has 1 unspecified atom stereocenters. The Hall–Kier alpha value is -3.17. The van der Waals surface area contributed by atoms with Crippen LogP contribution in [0.4, 0.5) is 0 Å². The number of aliphatic hydroxyl groups is 2. The maximum absolute atomic E-state index is 13.7. The number of hydrogen-bond acceptors (Lipinski definition) is 10. The number of rotatable bonds is 11. The van der Waals surface area contributed by atoms with E-state index in [9.17, 15) is 24.4 Å². The molecule has 1 saturated heterocycles. The zero-order valence-electron chi connectivity index (χ0n) is 21.3. The summed E-state index contributed by atoms with van der Waals surface area (Å²) in [6, 6.07) is 7.02. The number of carbonyl (C=O) groups excluding carboxylic acids is 2. The van der Waals surface area contributed by atoms with E-state index in [1.165, 1.54) is 30.2 Å². The molecule has 2 aliphatic heterocycles. The number of amides is 1. The topological polar surface area (TPSA) is 156 Å². The highest BCUT2D eigenvalue weighted by Gasteiger charge is 2.57. The first kappa shape index (κ1) is 29.4. The van der Waals surface area contributed by atoms with E-state index in [1.54, 1.807) is 25.1 Å². The lowest BCUT2D eigenvalue weighted by atomic mass is 9.94. The molecule has 38 heavy (non-hydrogen) atoms. The van der Waals surface area contributed by atoms with Gasteiger partial charge in [0.05, 0.1) is 12.7 Å². The van der Waals surface area contributed by atoms with Crippen molar-refractivity contribution >= 4 is 19.6 Å². The molecule has 0 aromatic heterocycles. The van der Waals surface area contributed by atoms with Gasteiger partial charge in [-0.25, -0.2) is 4.57 Å². The Morgan fingerprint density at radius 1 is 1.39 bits per heavy atom. The fraction of sp³-hybridized carbons (Fsp3) is 0.440. The minimum absolute atomic E-state index is 0.0540. The van der Waals surface area contributed by atoms with Gasteiger partial charge in [-0.15, -0.1) is 6.42 Å². The van der Waals surface area contributed by atoms with Gasteiger partial charge in [-0.3, -0.25) is 14.1 Å². The van der Waals surface area contributed by atoms with E-state index in [-0.39, 0.29) is 17.7 Å². The third-order valence-corrected chi connectivity index (χ3v) is 7.55. The summed E-state index contributed by atoms with van der Waals surface area (Å²) in [6.45, 7) is 8.14. The van der Waals surface area contributed by atoms with Crippen LogP contribution >= 0.6 is 7.75 Å². The van der Waals surface area contributed by atoms with Gasteiger partial charge in [0, 0.05) is 12.3 Å². The van der Waals surface area contributed by atoms with Crippen LogP contribution in [0.3, 0.4) is 0 Å². The third-order valence-electron chi connectivity index (χ3n) is 5.91. The van der Waals surface area contributed by atoms with Crippen molar-refractivity contribution in [2.24, 2.45) is 0 Å². The molecule has 0 radical (unpaired) electrons. The van der Waals surface area contributed by atoms with Crippen LogP contribution in [0.2, 0.25) is 0 Å². The van der Waals surface area contributed by atoms with E-state index in [0.29, 0.717) is 6.42 Å². The number of esters is 1. The summed E-state index contributed by atoms with van der Waals surface area (Å²) in [7, 11) is -4.28. The summed E-state index contributed by atoms with van der Waals surface area (Å²) < 4.78 is 36.0. The van der Waals surface area contributed by atoms with Crippen LogP contribution in [-0.2, 0) is 28.2 Å². The van der Waals surface area contributed by atoms with Crippen molar-refractivity contribution in [3.05, 3.63) is 55.0 Å². The Bertz CT molecular complexity index is 1150. The largest absolute Gasteiger partial charge is 0.462 e. The number of ether oxygens (including phenoxy) is 2. The van der Waals surface area contributed by atoms with Gasteiger partial charge in [0.1, 0.15) is 29.8 Å². The van der Waals surface area contributed by atoms with E-state index >= 15 is 0 Å². The molecule has 2 aliphatic rings. The zero-order chi connectivity index (χ0) is 28.1. The summed E-state index contributed by atoms with van der Waals surface area (Å²) in [5.74, 6) is 1.25. The molecule has 0 spiro atoms. The fourth-order valence-corrected chi connectivity index (χ4v) is 5.10. The van der Waals surface area contributed by atoms with Crippen molar-refractivity contribution in [3.8, 4) is 18.1 Å². The van der Waals surface area contributed by atoms with Gasteiger partial charge in [0.2, 0.25) is 0 Å². The van der Waals surface area contributed by atoms with Crippen LogP contribution < -0.4 is 14.9 Å². The summed E-state index contributed by atoms with van der Waals surface area (Å²) >= 11 is 0. The molecule has 2 heterocycles.